The maximum Gasteiger partial charge on any atom is 0.229 e. The first-order valence-corrected chi connectivity index (χ1v) is 7.30. The fraction of sp³-hybridized carbons (Fsp3) is 0.643. The lowest BCUT2D eigenvalue weighted by atomic mass is 10.1. The van der Waals surface area contributed by atoms with Crippen molar-refractivity contribution in [3.8, 4) is 0 Å². The number of H-pyrrole nitrogens is 1. The number of hydrogen-bond donors (Lipinski definition) is 1. The number of nitrogens with zero attached hydrogens (tertiary/aromatic N) is 4. The van der Waals surface area contributed by atoms with Gasteiger partial charge in [-0.2, -0.15) is 10.1 Å². The van der Waals surface area contributed by atoms with Gasteiger partial charge in [-0.25, -0.2) is 0 Å². The summed E-state index contributed by atoms with van der Waals surface area (Å²) in [6.45, 7) is 1.68. The molecule has 1 N–H and O–H groups in total. The van der Waals surface area contributed by atoms with Crippen molar-refractivity contribution in [1.82, 2.24) is 25.2 Å². The van der Waals surface area contributed by atoms with Crippen LogP contribution in [0.5, 0.6) is 0 Å². The van der Waals surface area contributed by atoms with Gasteiger partial charge in [-0.1, -0.05) is 18.0 Å². The van der Waals surface area contributed by atoms with Crippen LogP contribution < -0.4 is 0 Å². The predicted molar refractivity (Wildman–Crippen MR) is 74.1 cm³/mol. The summed E-state index contributed by atoms with van der Waals surface area (Å²) in [7, 11) is 2.08. The van der Waals surface area contributed by atoms with Crippen molar-refractivity contribution in [1.29, 1.82) is 0 Å². The third-order valence-electron chi connectivity index (χ3n) is 3.94. The third-order valence-corrected chi connectivity index (χ3v) is 3.94. The number of hydrogen-bond acceptors (Lipinski definition) is 5. The molecule has 2 aromatic rings. The summed E-state index contributed by atoms with van der Waals surface area (Å²) in [6.07, 6.45) is 9.72. The van der Waals surface area contributed by atoms with Gasteiger partial charge in [0, 0.05) is 18.7 Å². The van der Waals surface area contributed by atoms with Crippen LogP contribution in [0.2, 0.25) is 0 Å². The Balaban J connectivity index is 1.49. The molecule has 6 nitrogen and oxygen atoms in total. The van der Waals surface area contributed by atoms with E-state index in [1.165, 1.54) is 31.2 Å². The van der Waals surface area contributed by atoms with E-state index in [-0.39, 0.29) is 0 Å². The van der Waals surface area contributed by atoms with E-state index in [9.17, 15) is 0 Å². The van der Waals surface area contributed by atoms with Gasteiger partial charge in [0.2, 0.25) is 5.89 Å². The van der Waals surface area contributed by atoms with E-state index >= 15 is 0 Å². The van der Waals surface area contributed by atoms with Gasteiger partial charge in [-0.3, -0.25) is 10.00 Å². The molecule has 0 aromatic carbocycles. The quantitative estimate of drug-likeness (QED) is 0.874. The van der Waals surface area contributed by atoms with E-state index < -0.39 is 0 Å². The summed E-state index contributed by atoms with van der Waals surface area (Å²) in [4.78, 5) is 6.74. The van der Waals surface area contributed by atoms with Gasteiger partial charge in [-0.15, -0.1) is 0 Å². The second kappa shape index (κ2) is 6.17. The van der Waals surface area contributed by atoms with Gasteiger partial charge in [0.25, 0.3) is 0 Å². The Morgan fingerprint density at radius 3 is 3.00 bits per heavy atom. The third kappa shape index (κ3) is 3.25. The lowest BCUT2D eigenvalue weighted by Gasteiger charge is -2.13. The van der Waals surface area contributed by atoms with Crippen LogP contribution in [0.3, 0.4) is 0 Å². The van der Waals surface area contributed by atoms with E-state index in [2.05, 4.69) is 32.3 Å². The second-order valence-corrected chi connectivity index (χ2v) is 5.62. The van der Waals surface area contributed by atoms with Gasteiger partial charge < -0.3 is 4.52 Å². The number of nitrogens with one attached hydrogen (secondary N) is 1. The normalized spacial score (nSPS) is 16.3. The van der Waals surface area contributed by atoms with Crippen LogP contribution >= 0.6 is 0 Å². The predicted octanol–water partition coefficient (Wildman–Crippen LogP) is 2.12. The van der Waals surface area contributed by atoms with Crippen LogP contribution in [0.4, 0.5) is 0 Å². The van der Waals surface area contributed by atoms with Gasteiger partial charge in [0.15, 0.2) is 5.82 Å². The summed E-state index contributed by atoms with van der Waals surface area (Å²) in [5.74, 6) is 2.12. The Hall–Kier alpha value is -1.69. The zero-order chi connectivity index (χ0) is 13.8. The molecule has 2 heterocycles. The molecule has 1 saturated carbocycles. The Morgan fingerprint density at radius 1 is 1.40 bits per heavy atom. The van der Waals surface area contributed by atoms with E-state index in [0.29, 0.717) is 5.92 Å². The molecule has 0 amide bonds. The highest BCUT2D eigenvalue weighted by atomic mass is 16.5. The minimum atomic E-state index is 0.493. The molecule has 0 radical (unpaired) electrons. The molecule has 0 saturated heterocycles. The lowest BCUT2D eigenvalue weighted by Crippen LogP contribution is -2.21. The average molecular weight is 275 g/mol. The Morgan fingerprint density at radius 2 is 2.25 bits per heavy atom. The summed E-state index contributed by atoms with van der Waals surface area (Å²) in [5, 5.41) is 10.9. The van der Waals surface area contributed by atoms with Crippen molar-refractivity contribution in [2.24, 2.45) is 0 Å². The standard InChI is InChI=1S/C14H21N5O/c1-19(7-6-11-8-15-16-9-11)10-13-17-14(20-18-13)12-4-2-3-5-12/h8-9,12H,2-7,10H2,1H3,(H,15,16). The van der Waals surface area contributed by atoms with Crippen LogP contribution in [0.1, 0.15) is 48.9 Å². The molecule has 0 bridgehead atoms. The molecule has 0 aliphatic heterocycles. The second-order valence-electron chi connectivity index (χ2n) is 5.62. The number of rotatable bonds is 6. The molecule has 0 atom stereocenters. The number of aromatic nitrogens is 4. The van der Waals surface area contributed by atoms with E-state index in [4.69, 9.17) is 4.52 Å². The van der Waals surface area contributed by atoms with Gasteiger partial charge >= 0.3 is 0 Å². The highest BCUT2D eigenvalue weighted by molar-refractivity contribution is 5.03. The smallest absolute Gasteiger partial charge is 0.229 e. The zero-order valence-electron chi connectivity index (χ0n) is 11.9. The van der Waals surface area contributed by atoms with Crippen LogP contribution in [0, 0.1) is 0 Å². The Labute approximate surface area is 118 Å². The van der Waals surface area contributed by atoms with Crippen molar-refractivity contribution in [3.63, 3.8) is 0 Å². The summed E-state index contributed by atoms with van der Waals surface area (Å²) in [6, 6.07) is 0. The van der Waals surface area contributed by atoms with Crippen molar-refractivity contribution in [2.45, 2.75) is 44.6 Å². The lowest BCUT2D eigenvalue weighted by molar-refractivity contribution is 0.307. The molecule has 2 aromatic heterocycles. The minimum absolute atomic E-state index is 0.493. The number of likely N-dealkylation sites (N-methyl/N-ethyl adjacent to an activating group) is 1. The first-order chi connectivity index (χ1) is 9.81. The molecule has 0 unspecified atom stereocenters. The summed E-state index contributed by atoms with van der Waals surface area (Å²) < 4.78 is 5.40. The van der Waals surface area contributed by atoms with Crippen LogP contribution in [-0.4, -0.2) is 38.8 Å². The monoisotopic (exact) mass is 275 g/mol. The molecular weight excluding hydrogens is 254 g/mol. The fourth-order valence-corrected chi connectivity index (χ4v) is 2.73. The molecule has 1 aliphatic rings. The Kier molecular flexibility index (Phi) is 4.11. The molecule has 1 aliphatic carbocycles. The first kappa shape index (κ1) is 13.3. The van der Waals surface area contributed by atoms with Crippen LogP contribution in [-0.2, 0) is 13.0 Å². The maximum absolute atomic E-state index is 5.40. The molecule has 108 valence electrons. The van der Waals surface area contributed by atoms with Crippen molar-refractivity contribution in [2.75, 3.05) is 13.6 Å². The largest absolute Gasteiger partial charge is 0.339 e. The van der Waals surface area contributed by atoms with Crippen LogP contribution in [0.25, 0.3) is 0 Å². The van der Waals surface area contributed by atoms with Crippen molar-refractivity contribution < 1.29 is 4.52 Å². The van der Waals surface area contributed by atoms with Gasteiger partial charge in [0.05, 0.1) is 12.7 Å². The van der Waals surface area contributed by atoms with E-state index in [1.807, 2.05) is 12.4 Å². The molecule has 0 spiro atoms. The highest BCUT2D eigenvalue weighted by Gasteiger charge is 2.23. The Bertz CT molecular complexity index is 515. The summed E-state index contributed by atoms with van der Waals surface area (Å²) >= 11 is 0. The summed E-state index contributed by atoms with van der Waals surface area (Å²) in [5.41, 5.74) is 1.22. The maximum atomic E-state index is 5.40. The topological polar surface area (TPSA) is 70.8 Å². The molecule has 6 heteroatoms. The highest BCUT2D eigenvalue weighted by Crippen LogP contribution is 2.32. The van der Waals surface area contributed by atoms with Gasteiger partial charge in [0.1, 0.15) is 0 Å². The SMILES string of the molecule is CN(CCc1cn[nH]c1)Cc1noc(C2CCCC2)n1. The fourth-order valence-electron chi connectivity index (χ4n) is 2.73. The minimum Gasteiger partial charge on any atom is -0.339 e. The van der Waals surface area contributed by atoms with Gasteiger partial charge in [-0.05, 0) is 31.9 Å². The van der Waals surface area contributed by atoms with E-state index in [0.717, 1.165) is 31.2 Å². The molecule has 20 heavy (non-hydrogen) atoms. The molecule has 1 fully saturated rings. The number of aromatic amines is 1. The van der Waals surface area contributed by atoms with Crippen molar-refractivity contribution >= 4 is 0 Å². The average Bonchev–Trinajstić information content (AvgIpc) is 3.18. The molecular formula is C14H21N5O. The van der Waals surface area contributed by atoms with E-state index in [1.54, 1.807) is 0 Å². The molecule has 3 rings (SSSR count). The van der Waals surface area contributed by atoms with Crippen molar-refractivity contribution in [3.05, 3.63) is 29.7 Å². The first-order valence-electron chi connectivity index (χ1n) is 7.30. The zero-order valence-corrected chi connectivity index (χ0v) is 11.9. The van der Waals surface area contributed by atoms with Crippen LogP contribution in [0.15, 0.2) is 16.9 Å².